The van der Waals surface area contributed by atoms with E-state index < -0.39 is 5.91 Å². The van der Waals surface area contributed by atoms with Crippen molar-refractivity contribution in [1.29, 1.82) is 0 Å². The largest absolute Gasteiger partial charge is 0.488 e. The van der Waals surface area contributed by atoms with Crippen molar-refractivity contribution in [2.75, 3.05) is 0 Å². The normalized spacial score (nSPS) is 10.7. The summed E-state index contributed by atoms with van der Waals surface area (Å²) in [4.78, 5) is 26.1. The average molecular weight is 405 g/mol. The fourth-order valence-electron chi connectivity index (χ4n) is 3.05. The maximum Gasteiger partial charge on any atom is 0.271 e. The lowest BCUT2D eigenvalue weighted by atomic mass is 10.2. The molecule has 0 aliphatic carbocycles. The second-order valence-electron chi connectivity index (χ2n) is 6.47. The number of hydrogen-bond acceptors (Lipinski definition) is 4. The molecule has 0 fully saturated rings. The molecule has 6 nitrogen and oxygen atoms in total. The molecule has 0 bridgehead atoms. The summed E-state index contributed by atoms with van der Waals surface area (Å²) in [5.41, 5.74) is 6.79. The molecule has 0 saturated heterocycles. The molecule has 2 N–H and O–H groups in total. The van der Waals surface area contributed by atoms with E-state index in [-0.39, 0.29) is 5.91 Å². The number of aromatic nitrogens is 1. The number of thiophene rings is 1. The zero-order chi connectivity index (χ0) is 20.2. The van der Waals surface area contributed by atoms with Crippen molar-refractivity contribution in [3.8, 4) is 5.75 Å². The lowest BCUT2D eigenvalue weighted by Gasteiger charge is -2.09. The maximum atomic E-state index is 12.5. The minimum atomic E-state index is -0.417. The first-order chi connectivity index (χ1) is 14.1. The first kappa shape index (κ1) is 18.8. The van der Waals surface area contributed by atoms with Crippen LogP contribution in [0.25, 0.3) is 10.9 Å². The van der Waals surface area contributed by atoms with E-state index in [1.807, 2.05) is 53.4 Å². The molecular formula is C22H19N3O3S. The molecule has 0 aliphatic rings. The molecule has 0 unspecified atom stereocenters. The predicted octanol–water partition coefficient (Wildman–Crippen LogP) is 3.89. The van der Waals surface area contributed by atoms with Crippen LogP contribution in [0.5, 0.6) is 5.75 Å². The van der Waals surface area contributed by atoms with Gasteiger partial charge in [0, 0.05) is 34.6 Å². The number of fused-ring (bicyclic) bond motifs is 1. The van der Waals surface area contributed by atoms with Gasteiger partial charge in [0.1, 0.15) is 12.4 Å². The van der Waals surface area contributed by atoms with Crippen LogP contribution in [0, 0.1) is 0 Å². The molecule has 0 saturated carbocycles. The highest BCUT2D eigenvalue weighted by molar-refractivity contribution is 7.09. The minimum absolute atomic E-state index is 0.375. The molecule has 7 heteroatoms. The number of aryl methyl sites for hydroxylation is 1. The molecule has 0 aliphatic heterocycles. The molecule has 29 heavy (non-hydrogen) atoms. The van der Waals surface area contributed by atoms with Crippen molar-refractivity contribution in [2.45, 2.75) is 6.61 Å². The number of nitrogens with one attached hydrogen (secondary N) is 2. The van der Waals surface area contributed by atoms with Crippen molar-refractivity contribution in [2.24, 2.45) is 7.05 Å². The molecular weight excluding hydrogens is 386 g/mol. The number of ether oxygens (including phenoxy) is 1. The number of rotatable bonds is 5. The molecule has 2 aromatic carbocycles. The van der Waals surface area contributed by atoms with E-state index in [4.69, 9.17) is 4.74 Å². The number of para-hydroxylation sites is 1. The summed E-state index contributed by atoms with van der Waals surface area (Å²) in [6.45, 7) is 0.445. The summed E-state index contributed by atoms with van der Waals surface area (Å²) in [6, 6.07) is 18.4. The first-order valence-corrected chi connectivity index (χ1v) is 9.90. The van der Waals surface area contributed by atoms with Crippen LogP contribution in [-0.2, 0) is 13.7 Å². The first-order valence-electron chi connectivity index (χ1n) is 9.02. The van der Waals surface area contributed by atoms with Crippen LogP contribution in [-0.4, -0.2) is 16.4 Å². The van der Waals surface area contributed by atoms with Gasteiger partial charge in [-0.2, -0.15) is 0 Å². The van der Waals surface area contributed by atoms with Gasteiger partial charge in [-0.1, -0.05) is 30.3 Å². The van der Waals surface area contributed by atoms with Crippen molar-refractivity contribution >= 4 is 34.1 Å². The fraction of sp³-hybridized carbons (Fsp3) is 0.0909. The number of carbonyl (C=O) groups is 2. The Hall–Kier alpha value is -3.58. The fourth-order valence-corrected chi connectivity index (χ4v) is 3.67. The Morgan fingerprint density at radius 3 is 2.66 bits per heavy atom. The van der Waals surface area contributed by atoms with Crippen LogP contribution in [0.1, 0.15) is 25.6 Å². The SMILES string of the molecule is Cn1cc(C(=O)NNC(=O)c2cccc(OCc3cccs3)c2)c2ccccc21. The molecule has 2 heterocycles. The standard InChI is InChI=1S/C22H19N3O3S/c1-25-13-19(18-9-2-3-10-20(18)25)22(27)24-23-21(26)15-6-4-7-16(12-15)28-14-17-8-5-11-29-17/h2-13H,14H2,1H3,(H,23,26)(H,24,27). The smallest absolute Gasteiger partial charge is 0.271 e. The molecule has 0 spiro atoms. The van der Waals surface area contributed by atoms with Crippen LogP contribution < -0.4 is 15.6 Å². The van der Waals surface area contributed by atoms with Gasteiger partial charge < -0.3 is 9.30 Å². The summed E-state index contributed by atoms with van der Waals surface area (Å²) in [5, 5.41) is 2.81. The summed E-state index contributed by atoms with van der Waals surface area (Å²) in [6.07, 6.45) is 1.74. The highest BCUT2D eigenvalue weighted by Gasteiger charge is 2.15. The lowest BCUT2D eigenvalue weighted by Crippen LogP contribution is -2.41. The maximum absolute atomic E-state index is 12.5. The highest BCUT2D eigenvalue weighted by atomic mass is 32.1. The third kappa shape index (κ3) is 4.14. The molecule has 2 aromatic heterocycles. The summed E-state index contributed by atoms with van der Waals surface area (Å²) in [5.74, 6) is -0.202. The van der Waals surface area contributed by atoms with Crippen molar-refractivity contribution in [1.82, 2.24) is 15.4 Å². The Bertz CT molecular complexity index is 1170. The van der Waals surface area contributed by atoms with Gasteiger partial charge in [-0.05, 0) is 35.7 Å². The number of hydrogen-bond donors (Lipinski definition) is 2. The van der Waals surface area contributed by atoms with Gasteiger partial charge in [0.2, 0.25) is 0 Å². The zero-order valence-corrected chi connectivity index (χ0v) is 16.5. The summed E-state index contributed by atoms with van der Waals surface area (Å²) < 4.78 is 7.60. The Morgan fingerprint density at radius 1 is 1.00 bits per heavy atom. The Kier molecular flexibility index (Phi) is 5.31. The molecule has 0 radical (unpaired) electrons. The summed E-state index contributed by atoms with van der Waals surface area (Å²) >= 11 is 1.61. The van der Waals surface area contributed by atoms with Crippen LogP contribution in [0.3, 0.4) is 0 Å². The van der Waals surface area contributed by atoms with E-state index in [0.717, 1.165) is 15.8 Å². The van der Waals surface area contributed by atoms with Crippen LogP contribution in [0.4, 0.5) is 0 Å². The number of hydrazine groups is 1. The molecule has 0 atom stereocenters. The number of benzene rings is 2. The van der Waals surface area contributed by atoms with E-state index in [0.29, 0.717) is 23.5 Å². The quantitative estimate of drug-likeness (QED) is 0.495. The van der Waals surface area contributed by atoms with Gasteiger partial charge >= 0.3 is 0 Å². The second kappa shape index (κ2) is 8.20. The van der Waals surface area contributed by atoms with Crippen LogP contribution in [0.15, 0.2) is 72.2 Å². The van der Waals surface area contributed by atoms with E-state index in [1.165, 1.54) is 0 Å². The minimum Gasteiger partial charge on any atom is -0.488 e. The van der Waals surface area contributed by atoms with Crippen molar-refractivity contribution in [3.63, 3.8) is 0 Å². The van der Waals surface area contributed by atoms with Gasteiger partial charge in [0.05, 0.1) is 5.56 Å². The van der Waals surface area contributed by atoms with Gasteiger partial charge in [0.25, 0.3) is 11.8 Å². The van der Waals surface area contributed by atoms with Crippen LogP contribution in [0.2, 0.25) is 0 Å². The summed E-state index contributed by atoms with van der Waals surface area (Å²) in [7, 11) is 1.87. The molecule has 4 aromatic rings. The van der Waals surface area contributed by atoms with Gasteiger partial charge in [-0.15, -0.1) is 11.3 Å². The number of nitrogens with zero attached hydrogens (tertiary/aromatic N) is 1. The van der Waals surface area contributed by atoms with E-state index in [9.17, 15) is 9.59 Å². The Morgan fingerprint density at radius 2 is 1.83 bits per heavy atom. The van der Waals surface area contributed by atoms with Crippen molar-refractivity contribution < 1.29 is 14.3 Å². The van der Waals surface area contributed by atoms with E-state index in [1.54, 1.807) is 41.8 Å². The Balaban J connectivity index is 1.40. The Labute approximate surface area is 171 Å². The van der Waals surface area contributed by atoms with Crippen molar-refractivity contribution in [3.05, 3.63) is 88.2 Å². The van der Waals surface area contributed by atoms with Gasteiger partial charge in [-0.25, -0.2) is 0 Å². The van der Waals surface area contributed by atoms with Gasteiger partial charge in [0.15, 0.2) is 0 Å². The second-order valence-corrected chi connectivity index (χ2v) is 7.51. The van der Waals surface area contributed by atoms with E-state index >= 15 is 0 Å². The molecule has 146 valence electrons. The monoisotopic (exact) mass is 405 g/mol. The average Bonchev–Trinajstić information content (AvgIpc) is 3.39. The van der Waals surface area contributed by atoms with E-state index in [2.05, 4.69) is 10.9 Å². The predicted molar refractivity (Wildman–Crippen MR) is 113 cm³/mol. The number of carbonyl (C=O) groups excluding carboxylic acids is 2. The lowest BCUT2D eigenvalue weighted by molar-refractivity contribution is 0.0847. The third-order valence-corrected chi connectivity index (χ3v) is 5.34. The topological polar surface area (TPSA) is 72.4 Å². The molecule has 2 amide bonds. The van der Waals surface area contributed by atoms with Gasteiger partial charge in [-0.3, -0.25) is 20.4 Å². The molecule has 4 rings (SSSR count). The zero-order valence-electron chi connectivity index (χ0n) is 15.7. The highest BCUT2D eigenvalue weighted by Crippen LogP contribution is 2.20. The van der Waals surface area contributed by atoms with Crippen LogP contribution >= 0.6 is 11.3 Å². The third-order valence-electron chi connectivity index (χ3n) is 4.49. The number of amides is 2.